The monoisotopic (exact) mass is 436 g/mol. The summed E-state index contributed by atoms with van der Waals surface area (Å²) in [6, 6.07) is 2.87. The Morgan fingerprint density at radius 1 is 1.00 bits per heavy atom. The number of halogens is 3. The molecule has 0 atom stereocenters. The molecule has 1 aromatic carbocycles. The van der Waals surface area contributed by atoms with Crippen LogP contribution < -0.4 is 5.63 Å². The Balaban J connectivity index is 2.69. The van der Waals surface area contributed by atoms with Crippen molar-refractivity contribution in [3.63, 3.8) is 0 Å². The van der Waals surface area contributed by atoms with Crippen LogP contribution in [0.1, 0.15) is 0 Å². The van der Waals surface area contributed by atoms with Gasteiger partial charge < -0.3 is 13.9 Å². The topological polar surface area (TPSA) is 63.6 Å². The van der Waals surface area contributed by atoms with Gasteiger partial charge in [-0.15, -0.1) is 0 Å². The molecule has 0 radical (unpaired) electrons. The first-order valence-corrected chi connectivity index (χ1v) is 7.10. The van der Waals surface area contributed by atoms with Crippen molar-refractivity contribution in [1.82, 2.24) is 0 Å². The van der Waals surface area contributed by atoms with Crippen LogP contribution >= 0.6 is 47.8 Å². The average molecular weight is 439 g/mol. The standard InChI is InChI=1S/C11H3Br3O4/c12-6-3-1-2-4(15)17-9(3)8(16)10-5(6)7(13)11(14)18-10/h1-2,16H. The number of phenolic OH excluding ortho intramolecular Hbond substituents is 1. The molecule has 3 rings (SSSR count). The van der Waals surface area contributed by atoms with Gasteiger partial charge in [0.15, 0.2) is 15.8 Å². The second-order valence-corrected chi connectivity index (χ2v) is 5.86. The maximum Gasteiger partial charge on any atom is 0.336 e. The van der Waals surface area contributed by atoms with Crippen LogP contribution in [0.15, 0.2) is 39.4 Å². The molecule has 0 aliphatic heterocycles. The van der Waals surface area contributed by atoms with Crippen LogP contribution in [0.3, 0.4) is 0 Å². The van der Waals surface area contributed by atoms with E-state index in [0.717, 1.165) is 0 Å². The maximum atomic E-state index is 11.2. The number of benzene rings is 1. The minimum Gasteiger partial charge on any atom is -0.502 e. The predicted molar refractivity (Wildman–Crippen MR) is 77.0 cm³/mol. The molecule has 7 heteroatoms. The van der Waals surface area contributed by atoms with Crippen LogP contribution in [0.5, 0.6) is 5.75 Å². The molecule has 0 amide bonds. The largest absolute Gasteiger partial charge is 0.502 e. The summed E-state index contributed by atoms with van der Waals surface area (Å²) >= 11 is 10.0. The molecule has 0 aliphatic carbocycles. The molecule has 2 aromatic heterocycles. The van der Waals surface area contributed by atoms with Gasteiger partial charge in [-0.05, 0) is 53.9 Å². The zero-order chi connectivity index (χ0) is 13.0. The molecule has 4 nitrogen and oxygen atoms in total. The fourth-order valence-electron chi connectivity index (χ4n) is 1.75. The molecular weight excluding hydrogens is 436 g/mol. The van der Waals surface area contributed by atoms with E-state index in [9.17, 15) is 9.90 Å². The van der Waals surface area contributed by atoms with E-state index in [2.05, 4.69) is 47.8 Å². The smallest absolute Gasteiger partial charge is 0.336 e. The third kappa shape index (κ3) is 1.57. The summed E-state index contributed by atoms with van der Waals surface area (Å²) < 4.78 is 12.2. The lowest BCUT2D eigenvalue weighted by molar-refractivity contribution is 0.447. The quantitative estimate of drug-likeness (QED) is 0.524. The lowest BCUT2D eigenvalue weighted by Gasteiger charge is -2.03. The van der Waals surface area contributed by atoms with E-state index < -0.39 is 5.63 Å². The van der Waals surface area contributed by atoms with Gasteiger partial charge in [0.05, 0.1) is 9.86 Å². The minimum atomic E-state index is -0.534. The molecule has 18 heavy (non-hydrogen) atoms. The van der Waals surface area contributed by atoms with Gasteiger partial charge in [0, 0.05) is 15.9 Å². The summed E-state index contributed by atoms with van der Waals surface area (Å²) in [5, 5.41) is 11.4. The number of furan rings is 1. The number of aromatic hydroxyl groups is 1. The molecule has 0 spiro atoms. The molecular formula is C11H3Br3O4. The van der Waals surface area contributed by atoms with Crippen molar-refractivity contribution >= 4 is 69.7 Å². The van der Waals surface area contributed by atoms with E-state index >= 15 is 0 Å². The second-order valence-electron chi connectivity index (χ2n) is 3.55. The first-order chi connectivity index (χ1) is 8.50. The maximum absolute atomic E-state index is 11.2. The first-order valence-electron chi connectivity index (χ1n) is 4.72. The molecule has 0 saturated carbocycles. The number of fused-ring (bicyclic) bond motifs is 2. The Bertz CT molecular complexity index is 847. The Kier molecular flexibility index (Phi) is 2.80. The van der Waals surface area contributed by atoms with E-state index in [-0.39, 0.29) is 16.9 Å². The third-order valence-electron chi connectivity index (χ3n) is 2.53. The normalized spacial score (nSPS) is 11.5. The highest BCUT2D eigenvalue weighted by Gasteiger charge is 2.21. The minimum absolute atomic E-state index is 0.0932. The van der Waals surface area contributed by atoms with E-state index in [1.807, 2.05) is 0 Å². The van der Waals surface area contributed by atoms with Crippen molar-refractivity contribution < 1.29 is 13.9 Å². The molecule has 1 N–H and O–H groups in total. The Labute approximate surface area is 125 Å². The summed E-state index contributed by atoms with van der Waals surface area (Å²) in [5.74, 6) is -0.202. The molecule has 0 bridgehead atoms. The van der Waals surface area contributed by atoms with Crippen molar-refractivity contribution in [1.29, 1.82) is 0 Å². The molecule has 0 saturated heterocycles. The van der Waals surface area contributed by atoms with Gasteiger partial charge in [0.2, 0.25) is 5.75 Å². The molecule has 0 aliphatic rings. The molecule has 0 unspecified atom stereocenters. The summed E-state index contributed by atoms with van der Waals surface area (Å²) in [6.45, 7) is 0. The number of phenols is 1. The average Bonchev–Trinajstić information content (AvgIpc) is 2.63. The predicted octanol–water partition coefficient (Wildman–Crippen LogP) is 4.53. The first kappa shape index (κ1) is 12.3. The SMILES string of the molecule is O=c1ccc2c(Br)c3c(Br)c(Br)oc3c(O)c2o1. The summed E-state index contributed by atoms with van der Waals surface area (Å²) in [4.78, 5) is 11.2. The molecule has 0 fully saturated rings. The van der Waals surface area contributed by atoms with Gasteiger partial charge in [-0.25, -0.2) is 4.79 Å². The van der Waals surface area contributed by atoms with Crippen LogP contribution in [0, 0.1) is 0 Å². The van der Waals surface area contributed by atoms with E-state index in [1.165, 1.54) is 6.07 Å². The van der Waals surface area contributed by atoms with Crippen LogP contribution in [-0.2, 0) is 0 Å². The van der Waals surface area contributed by atoms with Crippen molar-refractivity contribution in [2.75, 3.05) is 0 Å². The fourth-order valence-corrected chi connectivity index (χ4v) is 3.53. The van der Waals surface area contributed by atoms with E-state index in [4.69, 9.17) is 8.83 Å². The molecule has 2 heterocycles. The Morgan fingerprint density at radius 2 is 1.72 bits per heavy atom. The fraction of sp³-hybridized carbons (Fsp3) is 0. The van der Waals surface area contributed by atoms with Crippen molar-refractivity contribution in [2.24, 2.45) is 0 Å². The van der Waals surface area contributed by atoms with Crippen molar-refractivity contribution in [3.05, 3.63) is 36.2 Å². The van der Waals surface area contributed by atoms with Gasteiger partial charge in [0.1, 0.15) is 0 Å². The van der Waals surface area contributed by atoms with Gasteiger partial charge in [-0.3, -0.25) is 0 Å². The molecule has 92 valence electrons. The third-order valence-corrected chi connectivity index (χ3v) is 5.20. The van der Waals surface area contributed by atoms with Crippen LogP contribution in [0.4, 0.5) is 0 Å². The molecule has 3 aromatic rings. The number of hydrogen-bond acceptors (Lipinski definition) is 4. The van der Waals surface area contributed by atoms with Crippen molar-refractivity contribution in [3.8, 4) is 5.75 Å². The highest BCUT2D eigenvalue weighted by Crippen LogP contribution is 2.46. The van der Waals surface area contributed by atoms with E-state index in [0.29, 0.717) is 24.4 Å². The Morgan fingerprint density at radius 3 is 2.44 bits per heavy atom. The summed E-state index contributed by atoms with van der Waals surface area (Å²) in [7, 11) is 0. The van der Waals surface area contributed by atoms with Gasteiger partial charge in [0.25, 0.3) is 0 Å². The van der Waals surface area contributed by atoms with Crippen LogP contribution in [0.25, 0.3) is 21.9 Å². The van der Waals surface area contributed by atoms with Crippen molar-refractivity contribution in [2.45, 2.75) is 0 Å². The number of hydrogen-bond donors (Lipinski definition) is 1. The zero-order valence-corrected chi connectivity index (χ0v) is 13.2. The Hall–Kier alpha value is -0.790. The highest BCUT2D eigenvalue weighted by atomic mass is 79.9. The van der Waals surface area contributed by atoms with Gasteiger partial charge in [-0.2, -0.15) is 0 Å². The van der Waals surface area contributed by atoms with Gasteiger partial charge >= 0.3 is 5.63 Å². The highest BCUT2D eigenvalue weighted by molar-refractivity contribution is 9.13. The van der Waals surface area contributed by atoms with Crippen LogP contribution in [0.2, 0.25) is 0 Å². The summed E-state index contributed by atoms with van der Waals surface area (Å²) in [5.41, 5.74) is -0.202. The van der Waals surface area contributed by atoms with Gasteiger partial charge in [-0.1, -0.05) is 0 Å². The lowest BCUT2D eigenvalue weighted by atomic mass is 10.1. The van der Waals surface area contributed by atoms with Crippen LogP contribution in [-0.4, -0.2) is 5.11 Å². The second kappa shape index (κ2) is 4.11. The number of rotatable bonds is 0. The lowest BCUT2D eigenvalue weighted by Crippen LogP contribution is -1.95. The van der Waals surface area contributed by atoms with E-state index in [1.54, 1.807) is 6.07 Å². The zero-order valence-electron chi connectivity index (χ0n) is 8.46. The summed E-state index contributed by atoms with van der Waals surface area (Å²) in [6.07, 6.45) is 0.